The number of nitriles is 1. The van der Waals surface area contributed by atoms with Crippen LogP contribution in [0.4, 0.5) is 16.2 Å². The maximum Gasteiger partial charge on any atom is 0.323 e. The second kappa shape index (κ2) is 10.4. The Balaban J connectivity index is 1.45. The molecule has 3 atom stereocenters. The number of likely N-dealkylation sites (N-methyl/N-ethyl adjacent to an activating group) is 1. The molecule has 182 valence electrons. The van der Waals surface area contributed by atoms with E-state index in [-0.39, 0.29) is 43.2 Å². The minimum absolute atomic E-state index is 0.160. The Morgan fingerprint density at radius 1 is 1.14 bits per heavy atom. The largest absolute Gasteiger partial charge is 0.490 e. The van der Waals surface area contributed by atoms with Gasteiger partial charge in [0.2, 0.25) is 0 Å². The van der Waals surface area contributed by atoms with Gasteiger partial charge in [-0.2, -0.15) is 5.26 Å². The van der Waals surface area contributed by atoms with Gasteiger partial charge in [0.15, 0.2) is 0 Å². The monoisotopic (exact) mass is 478 g/mol. The maximum atomic E-state index is 13.3. The van der Waals surface area contributed by atoms with Crippen LogP contribution in [0, 0.1) is 11.3 Å². The fourth-order valence-corrected chi connectivity index (χ4v) is 4.30. The van der Waals surface area contributed by atoms with Gasteiger partial charge in [0.05, 0.1) is 42.9 Å². The summed E-state index contributed by atoms with van der Waals surface area (Å²) in [6.07, 6.45) is 0.788. The van der Waals surface area contributed by atoms with Crippen LogP contribution >= 0.6 is 0 Å². The summed E-state index contributed by atoms with van der Waals surface area (Å²) in [6.45, 7) is 0.221. The summed E-state index contributed by atoms with van der Waals surface area (Å²) in [7, 11) is 3.06. The molecule has 0 unspecified atom stereocenters. The van der Waals surface area contributed by atoms with Crippen molar-refractivity contribution in [1.29, 1.82) is 5.26 Å². The van der Waals surface area contributed by atoms with Gasteiger partial charge in [-0.25, -0.2) is 4.79 Å². The predicted molar refractivity (Wildman–Crippen MR) is 126 cm³/mol. The summed E-state index contributed by atoms with van der Waals surface area (Å²) >= 11 is 0. The second-order valence-corrected chi connectivity index (χ2v) is 8.43. The Morgan fingerprint density at radius 2 is 1.86 bits per heavy atom. The van der Waals surface area contributed by atoms with E-state index in [9.17, 15) is 14.4 Å². The lowest BCUT2D eigenvalue weighted by atomic mass is 9.94. The van der Waals surface area contributed by atoms with Crippen LogP contribution in [0.3, 0.4) is 0 Å². The van der Waals surface area contributed by atoms with Gasteiger partial charge in [0, 0.05) is 18.4 Å². The van der Waals surface area contributed by atoms with Crippen molar-refractivity contribution in [2.45, 2.75) is 37.5 Å². The lowest BCUT2D eigenvalue weighted by Gasteiger charge is -2.42. The number of esters is 1. The number of rotatable bonds is 4. The van der Waals surface area contributed by atoms with Gasteiger partial charge < -0.3 is 29.7 Å². The van der Waals surface area contributed by atoms with Gasteiger partial charge in [-0.3, -0.25) is 9.59 Å². The normalized spacial score (nSPS) is 21.2. The topological polar surface area (TPSA) is 130 Å². The van der Waals surface area contributed by atoms with Gasteiger partial charge >= 0.3 is 12.0 Å². The van der Waals surface area contributed by atoms with E-state index >= 15 is 0 Å². The first-order valence-electron chi connectivity index (χ1n) is 11.2. The van der Waals surface area contributed by atoms with E-state index in [0.29, 0.717) is 41.1 Å². The first kappa shape index (κ1) is 24.0. The van der Waals surface area contributed by atoms with Crippen molar-refractivity contribution in [3.63, 3.8) is 0 Å². The highest BCUT2D eigenvalue weighted by Gasteiger charge is 2.39. The third kappa shape index (κ3) is 5.53. The summed E-state index contributed by atoms with van der Waals surface area (Å²) < 4.78 is 16.7. The van der Waals surface area contributed by atoms with Crippen LogP contribution < -0.4 is 15.4 Å². The minimum Gasteiger partial charge on any atom is -0.490 e. The Morgan fingerprint density at radius 3 is 2.57 bits per heavy atom. The van der Waals surface area contributed by atoms with E-state index in [0.717, 1.165) is 0 Å². The smallest absolute Gasteiger partial charge is 0.323 e. The number of benzene rings is 2. The third-order valence-corrected chi connectivity index (χ3v) is 6.16. The molecule has 1 fully saturated rings. The Bertz CT molecular complexity index is 1160. The van der Waals surface area contributed by atoms with Crippen LogP contribution in [-0.4, -0.2) is 61.8 Å². The summed E-state index contributed by atoms with van der Waals surface area (Å²) in [4.78, 5) is 39.0. The molecule has 2 aliphatic rings. The molecule has 2 aromatic carbocycles. The molecule has 2 aliphatic heterocycles. The summed E-state index contributed by atoms with van der Waals surface area (Å²) in [5, 5.41) is 14.3. The summed E-state index contributed by atoms with van der Waals surface area (Å²) in [6, 6.07) is 12.6. The molecular formula is C25H26N4O6. The molecule has 2 aromatic rings. The number of carbonyl (C=O) groups excluding carboxylic acids is 3. The number of methoxy groups -OCH3 is 1. The lowest BCUT2D eigenvalue weighted by molar-refractivity contribution is -0.151. The van der Waals surface area contributed by atoms with Crippen molar-refractivity contribution in [3.8, 4) is 11.8 Å². The fourth-order valence-electron chi connectivity index (χ4n) is 4.30. The number of fused-ring (bicyclic) bond motifs is 2. The van der Waals surface area contributed by atoms with E-state index < -0.39 is 6.03 Å². The van der Waals surface area contributed by atoms with Gasteiger partial charge in [0.25, 0.3) is 5.91 Å². The van der Waals surface area contributed by atoms with Crippen LogP contribution in [0.5, 0.6) is 5.75 Å². The summed E-state index contributed by atoms with van der Waals surface area (Å²) in [5.74, 6) is -0.198. The maximum absolute atomic E-state index is 13.3. The van der Waals surface area contributed by atoms with Crippen molar-refractivity contribution >= 4 is 29.3 Å². The van der Waals surface area contributed by atoms with Gasteiger partial charge in [-0.05, 0) is 55.3 Å². The second-order valence-electron chi connectivity index (χ2n) is 8.43. The van der Waals surface area contributed by atoms with E-state index in [1.54, 1.807) is 54.4 Å². The highest BCUT2D eigenvalue weighted by molar-refractivity contribution is 6.02. The molecule has 0 bridgehead atoms. The lowest BCUT2D eigenvalue weighted by Crippen LogP contribution is -2.53. The Labute approximate surface area is 202 Å². The molecule has 1 saturated heterocycles. The minimum atomic E-state index is -0.486. The molecule has 2 N–H and O–H groups in total. The molecule has 0 saturated carbocycles. The third-order valence-electron chi connectivity index (χ3n) is 6.16. The molecule has 3 amide bonds. The summed E-state index contributed by atoms with van der Waals surface area (Å²) in [5.41, 5.74) is 1.78. The number of hydrogen-bond donors (Lipinski definition) is 2. The first-order valence-corrected chi connectivity index (χ1v) is 11.2. The predicted octanol–water partition coefficient (Wildman–Crippen LogP) is 3.15. The van der Waals surface area contributed by atoms with Crippen LogP contribution in [0.25, 0.3) is 0 Å². The number of hydrogen-bond acceptors (Lipinski definition) is 7. The highest BCUT2D eigenvalue weighted by Crippen LogP contribution is 2.32. The van der Waals surface area contributed by atoms with Crippen LogP contribution in [0.1, 0.15) is 35.2 Å². The Kier molecular flexibility index (Phi) is 7.17. The number of urea groups is 1. The molecule has 0 aromatic heterocycles. The van der Waals surface area contributed by atoms with E-state index in [1.807, 2.05) is 6.07 Å². The number of anilines is 2. The zero-order valence-corrected chi connectivity index (χ0v) is 19.4. The number of nitrogens with one attached hydrogen (secondary N) is 2. The molecule has 10 heteroatoms. The highest BCUT2D eigenvalue weighted by atomic mass is 16.5. The molecule has 0 radical (unpaired) electrons. The van der Waals surface area contributed by atoms with Crippen molar-refractivity contribution in [2.75, 3.05) is 31.4 Å². The molecule has 35 heavy (non-hydrogen) atoms. The van der Waals surface area contributed by atoms with Crippen molar-refractivity contribution in [3.05, 3.63) is 53.6 Å². The quantitative estimate of drug-likeness (QED) is 0.646. The number of nitrogens with zero attached hydrogens (tertiary/aromatic N) is 2. The van der Waals surface area contributed by atoms with E-state index in [2.05, 4.69) is 10.6 Å². The van der Waals surface area contributed by atoms with Crippen molar-refractivity contribution in [2.24, 2.45) is 0 Å². The molecule has 0 aliphatic carbocycles. The standard InChI is InChI=1S/C25H26N4O6/c1-29-20-9-8-18(12-23(30)33-2)35-22(20)14-34-21-10-7-17(11-19(21)24(29)31)28-25(32)27-16-5-3-15(13-26)4-6-16/h3-7,10-11,18,20,22H,8-9,12,14H2,1-2H3,(H2,27,28,32)/t18-,20+,22-/m1/s1. The Hall–Kier alpha value is -4.10. The van der Waals surface area contributed by atoms with E-state index in [1.165, 1.54) is 7.11 Å². The van der Waals surface area contributed by atoms with E-state index in [4.69, 9.17) is 19.5 Å². The van der Waals surface area contributed by atoms with Crippen LogP contribution in [0.15, 0.2) is 42.5 Å². The number of ether oxygens (including phenoxy) is 3. The number of carbonyl (C=O) groups is 3. The van der Waals surface area contributed by atoms with Crippen molar-refractivity contribution in [1.82, 2.24) is 4.90 Å². The average Bonchev–Trinajstić information content (AvgIpc) is 2.86. The molecule has 2 heterocycles. The molecule has 4 rings (SSSR count). The van der Waals surface area contributed by atoms with Gasteiger partial charge in [0.1, 0.15) is 18.5 Å². The first-order chi connectivity index (χ1) is 16.9. The molecule has 10 nitrogen and oxygen atoms in total. The average molecular weight is 479 g/mol. The zero-order chi connectivity index (χ0) is 24.9. The SMILES string of the molecule is COC(=O)C[C@H]1CC[C@H]2[C@@H](COc3ccc(NC(=O)Nc4ccc(C#N)cc4)cc3C(=O)N2C)O1. The van der Waals surface area contributed by atoms with Gasteiger partial charge in [-0.15, -0.1) is 0 Å². The van der Waals surface area contributed by atoms with Crippen molar-refractivity contribution < 1.29 is 28.6 Å². The fraction of sp³-hybridized carbons (Fsp3) is 0.360. The number of amides is 3. The van der Waals surface area contributed by atoms with Crippen LogP contribution in [0.2, 0.25) is 0 Å². The van der Waals surface area contributed by atoms with Gasteiger partial charge in [-0.1, -0.05) is 0 Å². The molecule has 0 spiro atoms. The van der Waals surface area contributed by atoms with Crippen LogP contribution in [-0.2, 0) is 14.3 Å². The molecular weight excluding hydrogens is 452 g/mol. The zero-order valence-electron chi connectivity index (χ0n) is 19.4.